The van der Waals surface area contributed by atoms with Crippen molar-refractivity contribution in [2.75, 3.05) is 0 Å². The summed E-state index contributed by atoms with van der Waals surface area (Å²) in [5.41, 5.74) is 3.52. The predicted octanol–water partition coefficient (Wildman–Crippen LogP) is 5.16. The fraction of sp³-hybridized carbons (Fsp3) is 0.130. The molecule has 0 spiro atoms. The van der Waals surface area contributed by atoms with Gasteiger partial charge in [-0.3, -0.25) is 9.59 Å². The standard InChI is InChI=1S/C23H20Cl2N2O2/c1-15-7-9-18(22(28)26-13-16-5-3-2-4-6-16)12-19(15)23(29)27-14-17-8-10-20(24)21(25)11-17/h2-12H,13-14H2,1H3,(H,26,28)(H,27,29). The van der Waals surface area contributed by atoms with Crippen molar-refractivity contribution in [1.29, 1.82) is 0 Å². The quantitative estimate of drug-likeness (QED) is 0.571. The summed E-state index contributed by atoms with van der Waals surface area (Å²) in [6.07, 6.45) is 0. The van der Waals surface area contributed by atoms with Crippen molar-refractivity contribution in [2.45, 2.75) is 20.0 Å². The van der Waals surface area contributed by atoms with Crippen molar-refractivity contribution in [2.24, 2.45) is 0 Å². The highest BCUT2D eigenvalue weighted by Crippen LogP contribution is 2.22. The second kappa shape index (κ2) is 9.59. The molecule has 0 heterocycles. The third-order valence-electron chi connectivity index (χ3n) is 4.48. The molecule has 0 aliphatic carbocycles. The number of hydrogen-bond acceptors (Lipinski definition) is 2. The van der Waals surface area contributed by atoms with Gasteiger partial charge in [-0.15, -0.1) is 0 Å². The van der Waals surface area contributed by atoms with Crippen molar-refractivity contribution in [3.05, 3.63) is 105 Å². The maximum atomic E-state index is 12.6. The molecule has 3 aromatic rings. The number of benzene rings is 3. The summed E-state index contributed by atoms with van der Waals surface area (Å²) in [5.74, 6) is -0.487. The SMILES string of the molecule is Cc1ccc(C(=O)NCc2ccccc2)cc1C(=O)NCc1ccc(Cl)c(Cl)c1. The molecule has 0 aliphatic heterocycles. The minimum absolute atomic E-state index is 0.229. The lowest BCUT2D eigenvalue weighted by atomic mass is 10.0. The van der Waals surface area contributed by atoms with Crippen LogP contribution in [0.3, 0.4) is 0 Å². The van der Waals surface area contributed by atoms with Crippen LogP contribution < -0.4 is 10.6 Å². The highest BCUT2D eigenvalue weighted by molar-refractivity contribution is 6.42. The fourth-order valence-electron chi connectivity index (χ4n) is 2.82. The lowest BCUT2D eigenvalue weighted by molar-refractivity contribution is 0.0950. The van der Waals surface area contributed by atoms with E-state index in [1.807, 2.05) is 37.3 Å². The molecule has 0 saturated heterocycles. The smallest absolute Gasteiger partial charge is 0.251 e. The van der Waals surface area contributed by atoms with Crippen molar-refractivity contribution in [1.82, 2.24) is 10.6 Å². The number of nitrogens with one attached hydrogen (secondary N) is 2. The Morgan fingerprint density at radius 3 is 2.17 bits per heavy atom. The van der Waals surface area contributed by atoms with Crippen molar-refractivity contribution < 1.29 is 9.59 Å². The van der Waals surface area contributed by atoms with E-state index < -0.39 is 0 Å². The van der Waals surface area contributed by atoms with Gasteiger partial charge in [-0.25, -0.2) is 0 Å². The molecule has 2 amide bonds. The van der Waals surface area contributed by atoms with E-state index in [1.165, 1.54) is 0 Å². The van der Waals surface area contributed by atoms with E-state index in [0.717, 1.165) is 16.7 Å². The molecule has 0 bridgehead atoms. The normalized spacial score (nSPS) is 10.4. The van der Waals surface area contributed by atoms with Crippen LogP contribution in [0.25, 0.3) is 0 Å². The lowest BCUT2D eigenvalue weighted by Gasteiger charge is -2.11. The Kier molecular flexibility index (Phi) is 6.91. The second-order valence-corrected chi connectivity index (χ2v) is 7.44. The van der Waals surface area contributed by atoms with Crippen molar-refractivity contribution in [3.63, 3.8) is 0 Å². The molecule has 0 saturated carbocycles. The van der Waals surface area contributed by atoms with Crippen molar-refractivity contribution in [3.8, 4) is 0 Å². The van der Waals surface area contributed by atoms with Gasteiger partial charge in [-0.05, 0) is 47.9 Å². The molecule has 3 rings (SSSR count). The van der Waals surface area contributed by atoms with Gasteiger partial charge < -0.3 is 10.6 Å². The van der Waals surface area contributed by atoms with Crippen LogP contribution in [0.2, 0.25) is 10.0 Å². The number of carbonyl (C=O) groups is 2. The lowest BCUT2D eigenvalue weighted by Crippen LogP contribution is -2.26. The van der Waals surface area contributed by atoms with E-state index in [-0.39, 0.29) is 11.8 Å². The number of aryl methyl sites for hydroxylation is 1. The molecular formula is C23H20Cl2N2O2. The van der Waals surface area contributed by atoms with Crippen LogP contribution in [-0.2, 0) is 13.1 Å². The number of hydrogen-bond donors (Lipinski definition) is 2. The largest absolute Gasteiger partial charge is 0.348 e. The van der Waals surface area contributed by atoms with Crippen molar-refractivity contribution >= 4 is 35.0 Å². The van der Waals surface area contributed by atoms with Gasteiger partial charge in [0.1, 0.15) is 0 Å². The Morgan fingerprint density at radius 1 is 0.759 bits per heavy atom. The molecule has 2 N–H and O–H groups in total. The maximum Gasteiger partial charge on any atom is 0.251 e. The summed E-state index contributed by atoms with van der Waals surface area (Å²) in [6.45, 7) is 2.56. The van der Waals surface area contributed by atoms with Gasteiger partial charge in [-0.1, -0.05) is 65.7 Å². The second-order valence-electron chi connectivity index (χ2n) is 6.63. The van der Waals surface area contributed by atoms with Gasteiger partial charge in [0.05, 0.1) is 10.0 Å². The molecule has 6 heteroatoms. The monoisotopic (exact) mass is 426 g/mol. The fourth-order valence-corrected chi connectivity index (χ4v) is 3.14. The highest BCUT2D eigenvalue weighted by Gasteiger charge is 2.13. The Morgan fingerprint density at radius 2 is 1.45 bits per heavy atom. The molecule has 0 unspecified atom stereocenters. The summed E-state index contributed by atoms with van der Waals surface area (Å²) in [4.78, 5) is 25.1. The van der Waals surface area contributed by atoms with E-state index >= 15 is 0 Å². The third kappa shape index (κ3) is 5.59. The zero-order valence-electron chi connectivity index (χ0n) is 15.8. The minimum atomic E-state index is -0.258. The first-order valence-electron chi connectivity index (χ1n) is 9.09. The Bertz CT molecular complexity index is 1040. The molecular weight excluding hydrogens is 407 g/mol. The predicted molar refractivity (Wildman–Crippen MR) is 116 cm³/mol. The molecule has 0 fully saturated rings. The molecule has 29 heavy (non-hydrogen) atoms. The van der Waals surface area contributed by atoms with E-state index in [0.29, 0.717) is 34.3 Å². The van der Waals surface area contributed by atoms with Gasteiger partial charge >= 0.3 is 0 Å². The van der Waals surface area contributed by atoms with Gasteiger partial charge in [-0.2, -0.15) is 0 Å². The van der Waals surface area contributed by atoms with Crippen LogP contribution in [0.15, 0.2) is 66.7 Å². The molecule has 0 atom stereocenters. The first-order chi connectivity index (χ1) is 13.9. The molecule has 0 aromatic heterocycles. The van der Waals surface area contributed by atoms with E-state index in [1.54, 1.807) is 36.4 Å². The number of amides is 2. The van der Waals surface area contributed by atoms with E-state index in [9.17, 15) is 9.59 Å². The molecule has 0 radical (unpaired) electrons. The van der Waals surface area contributed by atoms with E-state index in [4.69, 9.17) is 23.2 Å². The molecule has 148 valence electrons. The zero-order valence-corrected chi connectivity index (χ0v) is 17.3. The average molecular weight is 427 g/mol. The molecule has 4 nitrogen and oxygen atoms in total. The molecule has 3 aromatic carbocycles. The summed E-state index contributed by atoms with van der Waals surface area (Å²) in [6, 6.07) is 19.9. The Labute approximate surface area is 179 Å². The van der Waals surface area contributed by atoms with E-state index in [2.05, 4.69) is 10.6 Å². The van der Waals surface area contributed by atoms with Crippen LogP contribution in [-0.4, -0.2) is 11.8 Å². The van der Waals surface area contributed by atoms with Crippen LogP contribution in [0.4, 0.5) is 0 Å². The Balaban J connectivity index is 1.66. The summed E-state index contributed by atoms with van der Waals surface area (Å²) >= 11 is 11.9. The number of carbonyl (C=O) groups excluding carboxylic acids is 2. The number of rotatable bonds is 6. The van der Waals surface area contributed by atoms with Gasteiger partial charge in [0.15, 0.2) is 0 Å². The first kappa shape index (κ1) is 20.9. The van der Waals surface area contributed by atoms with Gasteiger partial charge in [0, 0.05) is 24.2 Å². The van der Waals surface area contributed by atoms with Crippen LogP contribution in [0.1, 0.15) is 37.4 Å². The third-order valence-corrected chi connectivity index (χ3v) is 5.22. The summed E-state index contributed by atoms with van der Waals surface area (Å²) < 4.78 is 0. The minimum Gasteiger partial charge on any atom is -0.348 e. The molecule has 0 aliphatic rings. The Hall–Kier alpha value is -2.82. The van der Waals surface area contributed by atoms with Gasteiger partial charge in [0.25, 0.3) is 11.8 Å². The van der Waals surface area contributed by atoms with Gasteiger partial charge in [0.2, 0.25) is 0 Å². The van der Waals surface area contributed by atoms with Crippen LogP contribution in [0.5, 0.6) is 0 Å². The number of halogens is 2. The summed E-state index contributed by atoms with van der Waals surface area (Å²) in [7, 11) is 0. The zero-order chi connectivity index (χ0) is 20.8. The first-order valence-corrected chi connectivity index (χ1v) is 9.84. The maximum absolute atomic E-state index is 12.6. The topological polar surface area (TPSA) is 58.2 Å². The summed E-state index contributed by atoms with van der Waals surface area (Å²) in [5, 5.41) is 6.63. The average Bonchev–Trinajstić information content (AvgIpc) is 2.73. The van der Waals surface area contributed by atoms with Crippen LogP contribution >= 0.6 is 23.2 Å². The van der Waals surface area contributed by atoms with Crippen LogP contribution in [0, 0.1) is 6.92 Å². The highest BCUT2D eigenvalue weighted by atomic mass is 35.5.